The Morgan fingerprint density at radius 1 is 0.744 bits per heavy atom. The van der Waals surface area contributed by atoms with Crippen LogP contribution in [0.25, 0.3) is 0 Å². The van der Waals surface area contributed by atoms with Crippen molar-refractivity contribution in [1.29, 1.82) is 0 Å². The van der Waals surface area contributed by atoms with Crippen LogP contribution in [-0.4, -0.2) is 29.3 Å². The Kier molecular flexibility index (Phi) is 8.29. The van der Waals surface area contributed by atoms with Crippen LogP contribution in [0.5, 0.6) is 0 Å². The van der Waals surface area contributed by atoms with Crippen LogP contribution < -0.4 is 14.3 Å². The van der Waals surface area contributed by atoms with Gasteiger partial charge in [0.05, 0.1) is 15.5 Å². The predicted octanol–water partition coefficient (Wildman–Crippen LogP) is 5.59. The maximum Gasteiger partial charge on any atom is 0.264 e. The number of hydrogen-bond acceptors (Lipinski definition) is 5. The van der Waals surface area contributed by atoms with E-state index in [0.29, 0.717) is 22.1 Å². The van der Waals surface area contributed by atoms with Crippen LogP contribution in [0.1, 0.15) is 11.1 Å². The van der Waals surface area contributed by atoms with Crippen molar-refractivity contribution in [3.8, 4) is 0 Å². The van der Waals surface area contributed by atoms with E-state index in [-0.39, 0.29) is 9.79 Å². The van der Waals surface area contributed by atoms with Crippen molar-refractivity contribution in [2.24, 2.45) is 0 Å². The minimum absolute atomic E-state index is 0.0149. The maximum atomic E-state index is 13.5. The van der Waals surface area contributed by atoms with Gasteiger partial charge in [-0.05, 0) is 97.8 Å². The molecule has 0 spiro atoms. The van der Waals surface area contributed by atoms with Crippen LogP contribution in [0, 0.1) is 13.8 Å². The quantitative estimate of drug-likeness (QED) is 0.267. The zero-order valence-electron chi connectivity index (χ0n) is 21.1. The molecule has 4 aromatic carbocycles. The van der Waals surface area contributed by atoms with Gasteiger partial charge >= 0.3 is 0 Å². The molecule has 0 aliphatic carbocycles. The van der Waals surface area contributed by atoms with Crippen molar-refractivity contribution >= 4 is 54.6 Å². The largest absolute Gasteiger partial charge is 0.325 e. The minimum Gasteiger partial charge on any atom is -0.325 e. The van der Waals surface area contributed by atoms with Gasteiger partial charge in [-0.25, -0.2) is 16.8 Å². The summed E-state index contributed by atoms with van der Waals surface area (Å²) in [6, 6.07) is 24.8. The van der Waals surface area contributed by atoms with Gasteiger partial charge in [0.2, 0.25) is 5.91 Å². The zero-order chi connectivity index (χ0) is 28.2. The van der Waals surface area contributed by atoms with E-state index >= 15 is 0 Å². The number of amides is 1. The fraction of sp³-hybridized carbons (Fsp3) is 0.107. The average Bonchev–Trinajstić information content (AvgIpc) is 2.91. The Bertz CT molecular complexity index is 1690. The van der Waals surface area contributed by atoms with E-state index in [1.807, 2.05) is 13.8 Å². The molecule has 0 aromatic heterocycles. The second-order valence-electron chi connectivity index (χ2n) is 8.78. The van der Waals surface area contributed by atoms with Crippen molar-refractivity contribution in [1.82, 2.24) is 0 Å². The highest BCUT2D eigenvalue weighted by molar-refractivity contribution is 7.93. The standard InChI is InChI=1S/C28H26ClN3O5S2/c1-20-8-15-25(18-21(20)2)32(39(36,37)27-6-4-3-5-7-27)19-28(33)30-23-13-16-26(17-14-23)38(34,35)31-24-11-9-22(29)10-12-24/h3-18,31H,19H2,1-2H3,(H,30,33). The molecule has 1 amide bonds. The van der Waals surface area contributed by atoms with Crippen molar-refractivity contribution in [3.05, 3.63) is 113 Å². The SMILES string of the molecule is Cc1ccc(N(CC(=O)Nc2ccc(S(=O)(=O)Nc3ccc(Cl)cc3)cc2)S(=O)(=O)c2ccccc2)cc1C. The highest BCUT2D eigenvalue weighted by Gasteiger charge is 2.27. The Morgan fingerprint density at radius 2 is 1.36 bits per heavy atom. The van der Waals surface area contributed by atoms with E-state index < -0.39 is 32.5 Å². The van der Waals surface area contributed by atoms with Gasteiger partial charge < -0.3 is 5.32 Å². The molecule has 202 valence electrons. The molecule has 8 nitrogen and oxygen atoms in total. The fourth-order valence-electron chi connectivity index (χ4n) is 3.70. The van der Waals surface area contributed by atoms with Crippen LogP contribution in [0.15, 0.2) is 107 Å². The molecule has 11 heteroatoms. The van der Waals surface area contributed by atoms with Crippen molar-refractivity contribution in [2.45, 2.75) is 23.6 Å². The third-order valence-corrected chi connectivity index (χ3v) is 9.38. The first-order valence-electron chi connectivity index (χ1n) is 11.8. The van der Waals surface area contributed by atoms with Crippen LogP contribution in [0.3, 0.4) is 0 Å². The summed E-state index contributed by atoms with van der Waals surface area (Å²) >= 11 is 5.85. The zero-order valence-corrected chi connectivity index (χ0v) is 23.5. The third-order valence-electron chi connectivity index (χ3n) is 5.94. The van der Waals surface area contributed by atoms with Gasteiger partial charge in [0, 0.05) is 16.4 Å². The molecule has 0 unspecified atom stereocenters. The Labute approximate surface area is 233 Å². The van der Waals surface area contributed by atoms with Crippen LogP contribution in [-0.2, 0) is 24.8 Å². The number of carbonyl (C=O) groups is 1. The first-order chi connectivity index (χ1) is 18.5. The van der Waals surface area contributed by atoms with E-state index in [2.05, 4.69) is 10.0 Å². The number of hydrogen-bond donors (Lipinski definition) is 2. The second-order valence-corrected chi connectivity index (χ2v) is 12.8. The lowest BCUT2D eigenvalue weighted by Crippen LogP contribution is -2.38. The molecule has 0 heterocycles. The highest BCUT2D eigenvalue weighted by atomic mass is 35.5. The van der Waals surface area contributed by atoms with E-state index in [9.17, 15) is 21.6 Å². The number of carbonyl (C=O) groups excluding carboxylic acids is 1. The number of rotatable bonds is 9. The molecule has 0 fully saturated rings. The molecule has 0 bridgehead atoms. The van der Waals surface area contributed by atoms with Crippen LogP contribution in [0.4, 0.5) is 17.1 Å². The molecule has 4 aromatic rings. The second kappa shape index (κ2) is 11.5. The molecule has 0 saturated heterocycles. The molecule has 0 aliphatic rings. The lowest BCUT2D eigenvalue weighted by molar-refractivity contribution is -0.114. The smallest absolute Gasteiger partial charge is 0.264 e. The molecule has 2 N–H and O–H groups in total. The summed E-state index contributed by atoms with van der Waals surface area (Å²) in [5, 5.41) is 3.13. The molecular formula is C28H26ClN3O5S2. The van der Waals surface area contributed by atoms with Crippen molar-refractivity contribution in [3.63, 3.8) is 0 Å². The highest BCUT2D eigenvalue weighted by Crippen LogP contribution is 2.26. The summed E-state index contributed by atoms with van der Waals surface area (Å²) in [4.78, 5) is 13.1. The number of benzene rings is 4. The summed E-state index contributed by atoms with van der Waals surface area (Å²) in [5.41, 5.74) is 2.88. The van der Waals surface area contributed by atoms with E-state index in [0.717, 1.165) is 15.4 Å². The summed E-state index contributed by atoms with van der Waals surface area (Å²) in [7, 11) is -7.93. The molecule has 0 atom stereocenters. The van der Waals surface area contributed by atoms with Gasteiger partial charge in [0.15, 0.2) is 0 Å². The van der Waals surface area contributed by atoms with Crippen LogP contribution in [0.2, 0.25) is 5.02 Å². The van der Waals surface area contributed by atoms with E-state index in [1.165, 1.54) is 36.4 Å². The summed E-state index contributed by atoms with van der Waals surface area (Å²) in [6.07, 6.45) is 0. The first-order valence-corrected chi connectivity index (χ1v) is 15.1. The van der Waals surface area contributed by atoms with Gasteiger partial charge in [-0.3, -0.25) is 13.8 Å². The lowest BCUT2D eigenvalue weighted by atomic mass is 10.1. The normalized spacial score (nSPS) is 11.6. The monoisotopic (exact) mass is 583 g/mol. The maximum absolute atomic E-state index is 13.5. The molecule has 4 rings (SSSR count). The van der Waals surface area contributed by atoms with E-state index in [4.69, 9.17) is 11.6 Å². The summed E-state index contributed by atoms with van der Waals surface area (Å²) < 4.78 is 56.0. The van der Waals surface area contributed by atoms with Gasteiger partial charge in [0.25, 0.3) is 20.0 Å². The molecule has 0 radical (unpaired) electrons. The van der Waals surface area contributed by atoms with Crippen LogP contribution >= 0.6 is 11.6 Å². The minimum atomic E-state index is -4.05. The topological polar surface area (TPSA) is 113 Å². The molecule has 39 heavy (non-hydrogen) atoms. The Morgan fingerprint density at radius 3 is 1.97 bits per heavy atom. The fourth-order valence-corrected chi connectivity index (χ4v) is 6.31. The summed E-state index contributed by atoms with van der Waals surface area (Å²) in [5.74, 6) is -0.595. The summed E-state index contributed by atoms with van der Waals surface area (Å²) in [6.45, 7) is 3.29. The van der Waals surface area contributed by atoms with Gasteiger partial charge in [0.1, 0.15) is 6.54 Å². The van der Waals surface area contributed by atoms with Crippen molar-refractivity contribution in [2.75, 3.05) is 20.9 Å². The number of nitrogens with zero attached hydrogens (tertiary/aromatic N) is 1. The molecule has 0 saturated carbocycles. The Balaban J connectivity index is 1.53. The van der Waals surface area contributed by atoms with Gasteiger partial charge in [-0.15, -0.1) is 0 Å². The predicted molar refractivity (Wildman–Crippen MR) is 154 cm³/mol. The molecule has 0 aliphatic heterocycles. The first kappa shape index (κ1) is 28.2. The van der Waals surface area contributed by atoms with Gasteiger partial charge in [-0.1, -0.05) is 35.9 Å². The number of nitrogens with one attached hydrogen (secondary N) is 2. The number of anilines is 3. The van der Waals surface area contributed by atoms with Crippen molar-refractivity contribution < 1.29 is 21.6 Å². The number of aryl methyl sites for hydroxylation is 2. The average molecular weight is 584 g/mol. The lowest BCUT2D eigenvalue weighted by Gasteiger charge is -2.25. The van der Waals surface area contributed by atoms with E-state index in [1.54, 1.807) is 60.7 Å². The third kappa shape index (κ3) is 6.78. The van der Waals surface area contributed by atoms with Gasteiger partial charge in [-0.2, -0.15) is 0 Å². The number of sulfonamides is 2. The Hall–Kier alpha value is -3.86. The molecular weight excluding hydrogens is 558 g/mol. The number of halogens is 1.